The lowest BCUT2D eigenvalue weighted by atomic mass is 10.2. The minimum Gasteiger partial charge on any atom is -0.487 e. The van der Waals surface area contributed by atoms with Crippen LogP contribution in [-0.4, -0.2) is 15.9 Å². The molecule has 0 aliphatic rings. The van der Waals surface area contributed by atoms with Crippen molar-refractivity contribution in [2.24, 2.45) is 5.10 Å². The van der Waals surface area contributed by atoms with E-state index < -0.39 is 0 Å². The van der Waals surface area contributed by atoms with E-state index in [1.54, 1.807) is 60.8 Å². The monoisotopic (exact) mass is 553 g/mol. The van der Waals surface area contributed by atoms with Crippen molar-refractivity contribution < 1.29 is 9.15 Å². The molecule has 4 aromatic carbocycles. The normalized spacial score (nSPS) is 11.6. The van der Waals surface area contributed by atoms with E-state index in [-0.39, 0.29) is 11.4 Å². The van der Waals surface area contributed by atoms with Crippen molar-refractivity contribution in [1.29, 1.82) is 0 Å². The highest BCUT2D eigenvalue weighted by Gasteiger charge is 2.16. The van der Waals surface area contributed by atoms with Crippen LogP contribution in [0.5, 0.6) is 5.75 Å². The molecule has 0 unspecified atom stereocenters. The third kappa shape index (κ3) is 5.17. The number of para-hydroxylation sites is 1. The quantitative estimate of drug-likeness (QED) is 0.196. The Hall–Kier alpha value is -4.39. The Morgan fingerprint density at radius 1 is 0.974 bits per heavy atom. The molecule has 0 N–H and O–H groups in total. The van der Waals surface area contributed by atoms with E-state index in [0.717, 1.165) is 10.9 Å². The fourth-order valence-corrected chi connectivity index (χ4v) is 4.62. The lowest BCUT2D eigenvalue weighted by molar-refractivity contribution is 0.306. The Balaban J connectivity index is 1.35. The van der Waals surface area contributed by atoms with Crippen molar-refractivity contribution >= 4 is 51.3 Å². The van der Waals surface area contributed by atoms with Gasteiger partial charge in [-0.15, -0.1) is 0 Å². The molecule has 0 bridgehead atoms. The summed E-state index contributed by atoms with van der Waals surface area (Å²) in [6.45, 7) is 2.44. The Labute approximate surface area is 233 Å². The van der Waals surface area contributed by atoms with Gasteiger partial charge < -0.3 is 9.15 Å². The van der Waals surface area contributed by atoms with Gasteiger partial charge >= 0.3 is 0 Å². The second-order valence-corrected chi connectivity index (χ2v) is 9.91. The van der Waals surface area contributed by atoms with Gasteiger partial charge in [-0.05, 0) is 72.6 Å². The number of benzene rings is 4. The van der Waals surface area contributed by atoms with Crippen LogP contribution < -0.4 is 10.3 Å². The first kappa shape index (κ1) is 24.9. The molecule has 0 saturated heterocycles. The molecule has 0 aliphatic carbocycles. The topological polar surface area (TPSA) is 69.6 Å². The molecular weight excluding hydrogens is 533 g/mol. The van der Waals surface area contributed by atoms with Crippen molar-refractivity contribution in [3.63, 3.8) is 0 Å². The highest BCUT2D eigenvalue weighted by atomic mass is 35.5. The van der Waals surface area contributed by atoms with Gasteiger partial charge in [0.1, 0.15) is 17.9 Å². The highest BCUT2D eigenvalue weighted by Crippen LogP contribution is 2.29. The van der Waals surface area contributed by atoms with Crippen LogP contribution in [0.1, 0.15) is 16.7 Å². The molecule has 6 rings (SSSR count). The van der Waals surface area contributed by atoms with Crippen molar-refractivity contribution in [3.8, 4) is 17.3 Å². The Morgan fingerprint density at radius 3 is 2.62 bits per heavy atom. The number of aromatic nitrogens is 2. The first-order valence-electron chi connectivity index (χ1n) is 12.2. The van der Waals surface area contributed by atoms with Crippen molar-refractivity contribution in [2.45, 2.75) is 13.5 Å². The van der Waals surface area contributed by atoms with Crippen molar-refractivity contribution in [2.75, 3.05) is 0 Å². The van der Waals surface area contributed by atoms with E-state index in [9.17, 15) is 4.79 Å². The van der Waals surface area contributed by atoms with E-state index in [0.29, 0.717) is 50.2 Å². The third-order valence-corrected chi connectivity index (χ3v) is 6.78. The van der Waals surface area contributed by atoms with E-state index in [1.165, 1.54) is 10.2 Å². The minimum atomic E-state index is -0.325. The molecule has 0 saturated carbocycles. The maximum atomic E-state index is 13.5. The molecule has 8 heteroatoms. The second kappa shape index (κ2) is 10.4. The van der Waals surface area contributed by atoms with Gasteiger partial charge in [0.15, 0.2) is 5.76 Å². The first-order chi connectivity index (χ1) is 18.9. The number of ether oxygens (including phenoxy) is 1. The maximum absolute atomic E-state index is 13.5. The zero-order valence-corrected chi connectivity index (χ0v) is 22.3. The number of halogens is 2. The molecular formula is C31H21Cl2N3O3. The third-order valence-electron chi connectivity index (χ3n) is 6.25. The van der Waals surface area contributed by atoms with Gasteiger partial charge in [0.2, 0.25) is 5.82 Å². The summed E-state index contributed by atoms with van der Waals surface area (Å²) in [5.74, 6) is 1.22. The maximum Gasteiger partial charge on any atom is 0.282 e. The Bertz CT molecular complexity index is 1920. The molecule has 2 aromatic heterocycles. The van der Waals surface area contributed by atoms with Crippen LogP contribution >= 0.6 is 23.2 Å². The molecule has 39 heavy (non-hydrogen) atoms. The van der Waals surface area contributed by atoms with E-state index in [2.05, 4.69) is 5.10 Å². The summed E-state index contributed by atoms with van der Waals surface area (Å²) in [4.78, 5) is 18.2. The molecule has 0 amide bonds. The van der Waals surface area contributed by atoms with E-state index >= 15 is 0 Å². The van der Waals surface area contributed by atoms with Crippen LogP contribution in [0.2, 0.25) is 10.0 Å². The lowest BCUT2D eigenvalue weighted by Crippen LogP contribution is -2.20. The molecule has 0 atom stereocenters. The molecule has 6 aromatic rings. The number of aryl methyl sites for hydroxylation is 1. The second-order valence-electron chi connectivity index (χ2n) is 9.07. The number of hydrogen-bond donors (Lipinski definition) is 0. The van der Waals surface area contributed by atoms with E-state index in [1.807, 2.05) is 43.3 Å². The summed E-state index contributed by atoms with van der Waals surface area (Å²) in [6.07, 6.45) is 1.55. The van der Waals surface area contributed by atoms with Crippen LogP contribution in [0.25, 0.3) is 33.5 Å². The molecule has 192 valence electrons. The summed E-state index contributed by atoms with van der Waals surface area (Å²) >= 11 is 12.7. The summed E-state index contributed by atoms with van der Waals surface area (Å²) in [6, 6.07) is 27.7. The lowest BCUT2D eigenvalue weighted by Gasteiger charge is -2.09. The van der Waals surface area contributed by atoms with Gasteiger partial charge in [0.05, 0.1) is 22.1 Å². The summed E-state index contributed by atoms with van der Waals surface area (Å²) < 4.78 is 13.2. The van der Waals surface area contributed by atoms with Gasteiger partial charge in [-0.2, -0.15) is 9.78 Å². The smallest absolute Gasteiger partial charge is 0.282 e. The van der Waals surface area contributed by atoms with Crippen LogP contribution in [0.4, 0.5) is 0 Å². The average Bonchev–Trinajstić information content (AvgIpc) is 3.36. The minimum absolute atomic E-state index is 0.270. The molecule has 0 spiro atoms. The van der Waals surface area contributed by atoms with Crippen LogP contribution in [0.3, 0.4) is 0 Å². The average molecular weight is 554 g/mol. The molecule has 0 radical (unpaired) electrons. The zero-order valence-electron chi connectivity index (χ0n) is 20.8. The van der Waals surface area contributed by atoms with Gasteiger partial charge in [-0.3, -0.25) is 4.79 Å². The summed E-state index contributed by atoms with van der Waals surface area (Å²) in [5, 5.41) is 6.75. The van der Waals surface area contributed by atoms with Crippen LogP contribution in [-0.2, 0) is 6.61 Å². The number of furan rings is 1. The zero-order chi connectivity index (χ0) is 26.9. The largest absolute Gasteiger partial charge is 0.487 e. The fourth-order valence-electron chi connectivity index (χ4n) is 4.20. The van der Waals surface area contributed by atoms with Gasteiger partial charge in [-0.25, -0.2) is 4.98 Å². The molecule has 2 heterocycles. The SMILES string of the molecule is Cc1ccc(COc2ccc(C=Nn3c(-c4cc5cc(Cl)ccc5o4)nc4ccccc4c3=O)cc2Cl)cc1. The van der Waals surface area contributed by atoms with Crippen molar-refractivity contribution in [1.82, 2.24) is 9.66 Å². The fraction of sp³-hybridized carbons (Fsp3) is 0.0645. The Kier molecular flexibility index (Phi) is 6.65. The standard InChI is InChI=1S/C31H21Cl2N3O3/c1-19-6-8-20(9-7-19)18-38-28-12-10-21(14-25(28)33)17-34-36-30(35-26-5-3-2-4-24(26)31(36)37)29-16-22-15-23(32)11-13-27(22)39-29/h2-17H,18H2,1H3. The number of fused-ring (bicyclic) bond motifs is 2. The first-order valence-corrected chi connectivity index (χ1v) is 12.9. The number of nitrogens with zero attached hydrogens (tertiary/aromatic N) is 3. The van der Waals surface area contributed by atoms with Gasteiger partial charge in [0.25, 0.3) is 5.56 Å². The predicted molar refractivity (Wildman–Crippen MR) is 156 cm³/mol. The molecule has 6 nitrogen and oxygen atoms in total. The number of hydrogen-bond acceptors (Lipinski definition) is 5. The molecule has 0 fully saturated rings. The van der Waals surface area contributed by atoms with E-state index in [4.69, 9.17) is 37.3 Å². The predicted octanol–water partition coefficient (Wildman–Crippen LogP) is 7.89. The van der Waals surface area contributed by atoms with Crippen LogP contribution in [0, 0.1) is 6.92 Å². The van der Waals surface area contributed by atoms with Crippen LogP contribution in [0.15, 0.2) is 105 Å². The van der Waals surface area contributed by atoms with Crippen molar-refractivity contribution in [3.05, 3.63) is 128 Å². The Morgan fingerprint density at radius 2 is 1.79 bits per heavy atom. The summed E-state index contributed by atoms with van der Waals surface area (Å²) in [5.41, 5.74) is 3.76. The highest BCUT2D eigenvalue weighted by molar-refractivity contribution is 6.32. The molecule has 0 aliphatic heterocycles. The number of rotatable bonds is 6. The van der Waals surface area contributed by atoms with Gasteiger partial charge in [-0.1, -0.05) is 65.2 Å². The summed E-state index contributed by atoms with van der Waals surface area (Å²) in [7, 11) is 0. The van der Waals surface area contributed by atoms with Gasteiger partial charge in [0, 0.05) is 10.4 Å².